The maximum Gasteiger partial charge on any atom is 0.433 e. The van der Waals surface area contributed by atoms with E-state index in [4.69, 9.17) is 16.6 Å². The van der Waals surface area contributed by atoms with Crippen LogP contribution in [-0.4, -0.2) is 19.7 Å². The maximum atomic E-state index is 10.5. The van der Waals surface area contributed by atoms with Crippen molar-refractivity contribution in [1.82, 2.24) is 14.8 Å². The first-order valence-corrected chi connectivity index (χ1v) is 5.44. The van der Waals surface area contributed by atoms with Crippen molar-refractivity contribution in [3.05, 3.63) is 27.0 Å². The lowest BCUT2D eigenvalue weighted by atomic mass is 10.4. The van der Waals surface area contributed by atoms with Gasteiger partial charge in [0.2, 0.25) is 0 Å². The zero-order valence-electron chi connectivity index (χ0n) is 9.04. The summed E-state index contributed by atoms with van der Waals surface area (Å²) in [5.74, 6) is 0.499. The van der Waals surface area contributed by atoms with Crippen LogP contribution in [0.3, 0.4) is 0 Å². The molecule has 0 aliphatic rings. The van der Waals surface area contributed by atoms with Gasteiger partial charge in [-0.1, -0.05) is 6.92 Å². The Bertz CT molecular complexity index is 597. The number of rotatable bonds is 4. The van der Waals surface area contributed by atoms with Crippen molar-refractivity contribution in [3.8, 4) is 11.6 Å². The van der Waals surface area contributed by atoms with Crippen molar-refractivity contribution in [2.75, 3.05) is 0 Å². The van der Waals surface area contributed by atoms with E-state index in [1.165, 1.54) is 12.1 Å². The van der Waals surface area contributed by atoms with Gasteiger partial charge in [0.1, 0.15) is 4.92 Å². The van der Waals surface area contributed by atoms with Crippen molar-refractivity contribution in [1.29, 1.82) is 0 Å². The second-order valence-electron chi connectivity index (χ2n) is 3.40. The molecule has 17 heavy (non-hydrogen) atoms. The normalized spacial score (nSPS) is 10.6. The Morgan fingerprint density at radius 1 is 1.65 bits per heavy atom. The highest BCUT2D eigenvalue weighted by atomic mass is 32.1. The minimum Gasteiger partial charge on any atom is -0.397 e. The lowest BCUT2D eigenvalue weighted by Gasteiger charge is -2.01. The molecule has 0 radical (unpaired) electrons. The summed E-state index contributed by atoms with van der Waals surface area (Å²) in [5.41, 5.74) is 0. The van der Waals surface area contributed by atoms with Crippen LogP contribution in [0.5, 0.6) is 0 Å². The quantitative estimate of drug-likeness (QED) is 0.514. The van der Waals surface area contributed by atoms with Gasteiger partial charge < -0.3 is 4.42 Å². The Hall–Kier alpha value is -1.96. The number of hydrogen-bond acceptors (Lipinski definition) is 5. The summed E-state index contributed by atoms with van der Waals surface area (Å²) in [4.78, 5) is 9.93. The monoisotopic (exact) mass is 254 g/mol. The van der Waals surface area contributed by atoms with Crippen molar-refractivity contribution in [2.24, 2.45) is 0 Å². The largest absolute Gasteiger partial charge is 0.433 e. The smallest absolute Gasteiger partial charge is 0.397 e. The van der Waals surface area contributed by atoms with Crippen LogP contribution >= 0.6 is 12.2 Å². The summed E-state index contributed by atoms with van der Waals surface area (Å²) in [6.45, 7) is 2.68. The highest BCUT2D eigenvalue weighted by molar-refractivity contribution is 7.71. The van der Waals surface area contributed by atoms with Crippen LogP contribution in [0, 0.1) is 14.9 Å². The molecule has 90 valence electrons. The molecule has 2 heterocycles. The minimum atomic E-state index is -0.588. The van der Waals surface area contributed by atoms with Crippen LogP contribution in [0.15, 0.2) is 16.5 Å². The average molecular weight is 254 g/mol. The zero-order valence-corrected chi connectivity index (χ0v) is 9.86. The molecule has 2 aromatic heterocycles. The van der Waals surface area contributed by atoms with Crippen LogP contribution in [0.2, 0.25) is 0 Å². The van der Waals surface area contributed by atoms with Crippen molar-refractivity contribution in [3.63, 3.8) is 0 Å². The van der Waals surface area contributed by atoms with E-state index < -0.39 is 4.92 Å². The first-order chi connectivity index (χ1) is 8.13. The van der Waals surface area contributed by atoms with E-state index in [0.717, 1.165) is 6.42 Å². The number of aromatic amines is 1. The number of nitro groups is 1. The molecule has 8 heteroatoms. The van der Waals surface area contributed by atoms with Crippen molar-refractivity contribution in [2.45, 2.75) is 19.9 Å². The highest BCUT2D eigenvalue weighted by Crippen LogP contribution is 2.24. The average Bonchev–Trinajstić information content (AvgIpc) is 2.87. The standard InChI is InChI=1S/C9H10N4O3S/c1-2-5-12-8(10-11-9(12)17)6-3-4-7(16-6)13(14)15/h3-4H,2,5H2,1H3,(H,11,17). The Kier molecular flexibility index (Phi) is 3.05. The molecular weight excluding hydrogens is 244 g/mol. The fourth-order valence-corrected chi connectivity index (χ4v) is 1.71. The molecule has 7 nitrogen and oxygen atoms in total. The van der Waals surface area contributed by atoms with E-state index in [9.17, 15) is 10.1 Å². The summed E-state index contributed by atoms with van der Waals surface area (Å²) in [5, 5.41) is 17.2. The van der Waals surface area contributed by atoms with Gasteiger partial charge >= 0.3 is 5.88 Å². The summed E-state index contributed by atoms with van der Waals surface area (Å²) < 4.78 is 7.30. The third-order valence-electron chi connectivity index (χ3n) is 2.20. The molecule has 0 fully saturated rings. The predicted molar refractivity (Wildman–Crippen MR) is 62.1 cm³/mol. The molecule has 0 amide bonds. The summed E-state index contributed by atoms with van der Waals surface area (Å²) in [7, 11) is 0. The number of furan rings is 1. The Morgan fingerprint density at radius 3 is 3.00 bits per heavy atom. The van der Waals surface area contributed by atoms with Crippen LogP contribution in [0.25, 0.3) is 11.6 Å². The molecule has 0 aliphatic heterocycles. The van der Waals surface area contributed by atoms with Crippen LogP contribution in [0.1, 0.15) is 13.3 Å². The van der Waals surface area contributed by atoms with Gasteiger partial charge in [-0.25, -0.2) is 0 Å². The molecule has 0 atom stereocenters. The number of nitrogens with zero attached hydrogens (tertiary/aromatic N) is 3. The Balaban J connectivity index is 2.45. The molecule has 0 aromatic carbocycles. The summed E-state index contributed by atoms with van der Waals surface area (Å²) >= 11 is 5.07. The lowest BCUT2D eigenvalue weighted by molar-refractivity contribution is -0.401. The van der Waals surface area contributed by atoms with E-state index in [1.807, 2.05) is 6.92 Å². The van der Waals surface area contributed by atoms with E-state index >= 15 is 0 Å². The molecule has 0 unspecified atom stereocenters. The third kappa shape index (κ3) is 2.11. The molecule has 0 bridgehead atoms. The highest BCUT2D eigenvalue weighted by Gasteiger charge is 2.17. The third-order valence-corrected chi connectivity index (χ3v) is 2.51. The van der Waals surface area contributed by atoms with Gasteiger partial charge in [-0.15, -0.1) is 0 Å². The van der Waals surface area contributed by atoms with Gasteiger partial charge in [0, 0.05) is 6.54 Å². The van der Waals surface area contributed by atoms with Gasteiger partial charge in [0.05, 0.1) is 6.07 Å². The number of aromatic nitrogens is 3. The van der Waals surface area contributed by atoms with E-state index in [-0.39, 0.29) is 5.88 Å². The Labute approximate surface area is 101 Å². The minimum absolute atomic E-state index is 0.308. The molecular formula is C9H10N4O3S. The zero-order chi connectivity index (χ0) is 12.4. The second kappa shape index (κ2) is 4.50. The molecule has 0 spiro atoms. The maximum absolute atomic E-state index is 10.5. The SMILES string of the molecule is CCCn1c(-c2ccc([N+](=O)[O-])o2)n[nH]c1=S. The first-order valence-electron chi connectivity index (χ1n) is 5.03. The topological polar surface area (TPSA) is 89.9 Å². The number of H-pyrrole nitrogens is 1. The summed E-state index contributed by atoms with van der Waals surface area (Å²) in [6, 6.07) is 2.80. The molecule has 0 saturated carbocycles. The fourth-order valence-electron chi connectivity index (χ4n) is 1.48. The summed E-state index contributed by atoms with van der Waals surface area (Å²) in [6.07, 6.45) is 0.879. The van der Waals surface area contributed by atoms with Gasteiger partial charge in [-0.2, -0.15) is 5.10 Å². The molecule has 0 saturated heterocycles. The fraction of sp³-hybridized carbons (Fsp3) is 0.333. The second-order valence-corrected chi connectivity index (χ2v) is 3.79. The van der Waals surface area contributed by atoms with Gasteiger partial charge in [0.25, 0.3) is 0 Å². The molecule has 0 aliphatic carbocycles. The van der Waals surface area contributed by atoms with E-state index in [0.29, 0.717) is 22.9 Å². The van der Waals surface area contributed by atoms with Crippen LogP contribution < -0.4 is 0 Å². The predicted octanol–water partition coefficient (Wildman–Crippen LogP) is 2.52. The molecule has 1 N–H and O–H groups in total. The van der Waals surface area contributed by atoms with Crippen LogP contribution in [-0.2, 0) is 6.54 Å². The van der Waals surface area contributed by atoms with Crippen molar-refractivity contribution >= 4 is 18.1 Å². The van der Waals surface area contributed by atoms with E-state index in [2.05, 4.69) is 10.2 Å². The van der Waals surface area contributed by atoms with Crippen LogP contribution in [0.4, 0.5) is 5.88 Å². The molecule has 2 rings (SSSR count). The molecule has 2 aromatic rings. The number of hydrogen-bond donors (Lipinski definition) is 1. The van der Waals surface area contributed by atoms with E-state index in [1.54, 1.807) is 4.57 Å². The first kappa shape index (κ1) is 11.5. The Morgan fingerprint density at radius 2 is 2.41 bits per heavy atom. The number of nitrogens with one attached hydrogen (secondary N) is 1. The van der Waals surface area contributed by atoms with Gasteiger partial charge in [0.15, 0.2) is 16.4 Å². The van der Waals surface area contributed by atoms with Gasteiger partial charge in [-0.05, 0) is 24.7 Å². The van der Waals surface area contributed by atoms with Crippen molar-refractivity contribution < 1.29 is 9.34 Å². The van der Waals surface area contributed by atoms with Gasteiger partial charge in [-0.3, -0.25) is 19.8 Å². The lowest BCUT2D eigenvalue weighted by Crippen LogP contribution is -1.99.